The number of hydrogen-bond acceptors (Lipinski definition) is 3. The molecule has 3 heteroatoms. The van der Waals surface area contributed by atoms with Crippen molar-refractivity contribution in [3.63, 3.8) is 0 Å². The van der Waals surface area contributed by atoms with Crippen molar-refractivity contribution in [2.24, 2.45) is 17.8 Å². The monoisotopic (exact) mass is 306 g/mol. The third-order valence-electron chi connectivity index (χ3n) is 5.82. The molecule has 0 spiro atoms. The van der Waals surface area contributed by atoms with Crippen LogP contribution in [0.3, 0.4) is 0 Å². The largest absolute Gasteiger partial charge is 0.392 e. The molecule has 1 aliphatic heterocycles. The smallest absolute Gasteiger partial charge is 0.155 e. The molecule has 0 amide bonds. The van der Waals surface area contributed by atoms with Gasteiger partial charge in [-0.3, -0.25) is 0 Å². The van der Waals surface area contributed by atoms with Gasteiger partial charge in [-0.1, -0.05) is 31.6 Å². The highest BCUT2D eigenvalue weighted by atomic mass is 16.6. The molecule has 0 radical (unpaired) electrons. The summed E-state index contributed by atoms with van der Waals surface area (Å²) in [5.41, 5.74) is 1.34. The highest BCUT2D eigenvalue weighted by Crippen LogP contribution is 2.40. The van der Waals surface area contributed by atoms with Gasteiger partial charge < -0.3 is 14.9 Å². The number of aliphatic hydroxyl groups excluding tert-OH is 2. The molecule has 0 bridgehead atoms. The van der Waals surface area contributed by atoms with Crippen LogP contribution in [-0.2, 0) is 4.74 Å². The Hall–Kier alpha value is -0.640. The van der Waals surface area contributed by atoms with Crippen LogP contribution < -0.4 is 0 Å². The molecule has 0 saturated carbocycles. The summed E-state index contributed by atoms with van der Waals surface area (Å²) >= 11 is 0. The first kappa shape index (κ1) is 16.2. The second-order valence-electron chi connectivity index (χ2n) is 7.31. The molecule has 6 atom stereocenters. The lowest BCUT2D eigenvalue weighted by atomic mass is 9.70. The Morgan fingerprint density at radius 2 is 2.09 bits per heavy atom. The summed E-state index contributed by atoms with van der Waals surface area (Å²) < 4.78 is 5.73. The highest BCUT2D eigenvalue weighted by molar-refractivity contribution is 5.29. The van der Waals surface area contributed by atoms with Gasteiger partial charge in [-0.05, 0) is 55.9 Å². The molecule has 6 unspecified atom stereocenters. The van der Waals surface area contributed by atoms with Gasteiger partial charge in [-0.25, -0.2) is 0 Å². The van der Waals surface area contributed by atoms with Crippen LogP contribution in [0, 0.1) is 17.8 Å². The standard InChI is InChI=1S/C19H30O3/c1-2-13-11-16(22-18(21)12-13)10-9-15-6-3-5-14-7-4-8-17(20)19(14)15/h3,5,7,13,15-21H,2,4,6,8-12H2,1H3. The summed E-state index contributed by atoms with van der Waals surface area (Å²) in [4.78, 5) is 0. The number of hydrogen-bond donors (Lipinski definition) is 2. The van der Waals surface area contributed by atoms with Gasteiger partial charge >= 0.3 is 0 Å². The molecule has 3 nitrogen and oxygen atoms in total. The van der Waals surface area contributed by atoms with E-state index in [1.165, 1.54) is 5.57 Å². The normalized spacial score (nSPS) is 41.9. The van der Waals surface area contributed by atoms with Crippen molar-refractivity contribution in [2.75, 3.05) is 0 Å². The summed E-state index contributed by atoms with van der Waals surface area (Å²) in [6.45, 7) is 2.20. The van der Waals surface area contributed by atoms with Gasteiger partial charge in [-0.2, -0.15) is 0 Å². The van der Waals surface area contributed by atoms with Crippen LogP contribution in [0.15, 0.2) is 23.8 Å². The molecular weight excluding hydrogens is 276 g/mol. The van der Waals surface area contributed by atoms with E-state index >= 15 is 0 Å². The van der Waals surface area contributed by atoms with Gasteiger partial charge in [0.1, 0.15) is 0 Å². The van der Waals surface area contributed by atoms with Crippen molar-refractivity contribution in [1.82, 2.24) is 0 Å². The van der Waals surface area contributed by atoms with Crippen molar-refractivity contribution in [3.8, 4) is 0 Å². The average molecular weight is 306 g/mol. The summed E-state index contributed by atoms with van der Waals surface area (Å²) in [7, 11) is 0. The molecule has 2 N–H and O–H groups in total. The molecule has 2 aliphatic carbocycles. The maximum Gasteiger partial charge on any atom is 0.155 e. The lowest BCUT2D eigenvalue weighted by Gasteiger charge is -2.38. The number of aliphatic hydroxyl groups is 2. The highest BCUT2D eigenvalue weighted by Gasteiger charge is 2.35. The third kappa shape index (κ3) is 3.64. The van der Waals surface area contributed by atoms with E-state index in [1.54, 1.807) is 0 Å². The van der Waals surface area contributed by atoms with Crippen molar-refractivity contribution in [1.29, 1.82) is 0 Å². The van der Waals surface area contributed by atoms with Gasteiger partial charge in [0.2, 0.25) is 0 Å². The Balaban J connectivity index is 1.57. The van der Waals surface area contributed by atoms with E-state index in [1.807, 2.05) is 0 Å². The summed E-state index contributed by atoms with van der Waals surface area (Å²) in [6.07, 6.45) is 14.2. The van der Waals surface area contributed by atoms with E-state index in [0.29, 0.717) is 17.8 Å². The predicted molar refractivity (Wildman–Crippen MR) is 87.2 cm³/mol. The Bertz CT molecular complexity index is 428. The number of fused-ring (bicyclic) bond motifs is 1. The van der Waals surface area contributed by atoms with Crippen LogP contribution in [-0.4, -0.2) is 28.7 Å². The van der Waals surface area contributed by atoms with E-state index in [2.05, 4.69) is 25.2 Å². The number of ether oxygens (including phenoxy) is 1. The molecular formula is C19H30O3. The van der Waals surface area contributed by atoms with Crippen molar-refractivity contribution < 1.29 is 14.9 Å². The molecule has 22 heavy (non-hydrogen) atoms. The molecule has 0 aromatic carbocycles. The van der Waals surface area contributed by atoms with E-state index < -0.39 is 6.29 Å². The zero-order valence-corrected chi connectivity index (χ0v) is 13.7. The Kier molecular flexibility index (Phi) is 5.37. The average Bonchev–Trinajstić information content (AvgIpc) is 2.52. The van der Waals surface area contributed by atoms with E-state index in [0.717, 1.165) is 51.4 Å². The first-order valence-electron chi connectivity index (χ1n) is 9.05. The summed E-state index contributed by atoms with van der Waals surface area (Å²) in [6, 6.07) is 0. The van der Waals surface area contributed by atoms with Crippen molar-refractivity contribution in [3.05, 3.63) is 23.8 Å². The molecule has 0 aromatic rings. The molecule has 3 aliphatic rings. The van der Waals surface area contributed by atoms with Crippen LogP contribution in [0.25, 0.3) is 0 Å². The van der Waals surface area contributed by atoms with E-state index in [-0.39, 0.29) is 12.2 Å². The van der Waals surface area contributed by atoms with Gasteiger partial charge in [0.25, 0.3) is 0 Å². The minimum absolute atomic E-state index is 0.184. The summed E-state index contributed by atoms with van der Waals surface area (Å²) in [5.74, 6) is 1.43. The first-order chi connectivity index (χ1) is 10.7. The predicted octanol–water partition coefficient (Wildman–Crippen LogP) is 3.56. The fourth-order valence-electron chi connectivity index (χ4n) is 4.55. The minimum Gasteiger partial charge on any atom is -0.392 e. The Labute approximate surface area is 134 Å². The van der Waals surface area contributed by atoms with E-state index in [9.17, 15) is 10.2 Å². The fourth-order valence-corrected chi connectivity index (χ4v) is 4.55. The van der Waals surface area contributed by atoms with Crippen LogP contribution in [0.4, 0.5) is 0 Å². The lowest BCUT2D eigenvalue weighted by molar-refractivity contribution is -0.179. The Morgan fingerprint density at radius 1 is 1.23 bits per heavy atom. The number of allylic oxidation sites excluding steroid dienone is 3. The molecule has 1 fully saturated rings. The number of rotatable bonds is 4. The second kappa shape index (κ2) is 7.29. The topological polar surface area (TPSA) is 49.7 Å². The lowest BCUT2D eigenvalue weighted by Crippen LogP contribution is -2.35. The van der Waals surface area contributed by atoms with Crippen LogP contribution in [0.5, 0.6) is 0 Å². The van der Waals surface area contributed by atoms with Gasteiger partial charge in [0, 0.05) is 12.3 Å². The molecule has 1 saturated heterocycles. The molecule has 0 aromatic heterocycles. The van der Waals surface area contributed by atoms with Gasteiger partial charge in [0.05, 0.1) is 12.2 Å². The third-order valence-corrected chi connectivity index (χ3v) is 5.82. The SMILES string of the molecule is CCC1CC(O)OC(CCC2CC=CC3=CCCC(O)C32)C1. The molecule has 3 rings (SSSR count). The van der Waals surface area contributed by atoms with Gasteiger partial charge in [0.15, 0.2) is 6.29 Å². The molecule has 124 valence electrons. The van der Waals surface area contributed by atoms with Crippen LogP contribution in [0.2, 0.25) is 0 Å². The maximum atomic E-state index is 10.4. The minimum atomic E-state index is -0.578. The van der Waals surface area contributed by atoms with E-state index in [4.69, 9.17) is 4.74 Å². The quantitative estimate of drug-likeness (QED) is 0.835. The Morgan fingerprint density at radius 3 is 2.91 bits per heavy atom. The zero-order valence-electron chi connectivity index (χ0n) is 13.7. The summed E-state index contributed by atoms with van der Waals surface area (Å²) in [5, 5.41) is 20.3. The molecule has 1 heterocycles. The van der Waals surface area contributed by atoms with Crippen LogP contribution in [0.1, 0.15) is 58.3 Å². The zero-order chi connectivity index (χ0) is 15.5. The van der Waals surface area contributed by atoms with Crippen LogP contribution >= 0.6 is 0 Å². The first-order valence-corrected chi connectivity index (χ1v) is 9.05. The van der Waals surface area contributed by atoms with Gasteiger partial charge in [-0.15, -0.1) is 0 Å². The maximum absolute atomic E-state index is 10.4. The fraction of sp³-hybridized carbons (Fsp3) is 0.789. The van der Waals surface area contributed by atoms with Crippen molar-refractivity contribution in [2.45, 2.75) is 76.8 Å². The second-order valence-corrected chi connectivity index (χ2v) is 7.31. The van der Waals surface area contributed by atoms with Crippen molar-refractivity contribution >= 4 is 0 Å².